The van der Waals surface area contributed by atoms with Crippen LogP contribution in [0.4, 0.5) is 11.6 Å². The van der Waals surface area contributed by atoms with Crippen LogP contribution < -0.4 is 15.1 Å². The molecule has 0 atom stereocenters. The maximum Gasteiger partial charge on any atom is 0.253 e. The third-order valence-corrected chi connectivity index (χ3v) is 4.76. The summed E-state index contributed by atoms with van der Waals surface area (Å²) in [6.07, 6.45) is 6.94. The topological polar surface area (TPSA) is 74.2 Å². The molecule has 0 aliphatic carbocycles. The number of carbonyl (C=O) groups excluding carboxylic acids is 1. The highest BCUT2D eigenvalue weighted by molar-refractivity contribution is 5.94. The van der Waals surface area contributed by atoms with E-state index in [1.807, 2.05) is 48.7 Å². The molecule has 0 bridgehead atoms. The number of hydrogen-bond acceptors (Lipinski definition) is 6. The van der Waals surface area contributed by atoms with Gasteiger partial charge in [-0.25, -0.2) is 9.97 Å². The van der Waals surface area contributed by atoms with Gasteiger partial charge in [0.1, 0.15) is 0 Å². The van der Waals surface area contributed by atoms with Crippen molar-refractivity contribution in [1.29, 1.82) is 0 Å². The summed E-state index contributed by atoms with van der Waals surface area (Å²) in [4.78, 5) is 29.8. The number of nitrogens with one attached hydrogen (secondary N) is 1. The molecular formula is C21H22N6O. The van der Waals surface area contributed by atoms with Gasteiger partial charge < -0.3 is 15.1 Å². The number of hydrogen-bond donors (Lipinski definition) is 1. The van der Waals surface area contributed by atoms with Crippen molar-refractivity contribution in [3.63, 3.8) is 0 Å². The van der Waals surface area contributed by atoms with E-state index in [2.05, 4.69) is 30.1 Å². The third-order valence-electron chi connectivity index (χ3n) is 4.76. The van der Waals surface area contributed by atoms with E-state index in [0.717, 1.165) is 43.4 Å². The Morgan fingerprint density at radius 1 is 0.929 bits per heavy atom. The van der Waals surface area contributed by atoms with Crippen LogP contribution in [0.3, 0.4) is 0 Å². The SMILES string of the molecule is O=C(NCc1ccccc1)c1cncc(N2CCN(c3ncccn3)CC2)c1. The summed E-state index contributed by atoms with van der Waals surface area (Å²) in [7, 11) is 0. The summed E-state index contributed by atoms with van der Waals surface area (Å²) in [5, 5.41) is 2.95. The third kappa shape index (κ3) is 4.25. The fourth-order valence-corrected chi connectivity index (χ4v) is 3.22. The fourth-order valence-electron chi connectivity index (χ4n) is 3.22. The lowest BCUT2D eigenvalue weighted by atomic mass is 10.2. The maximum absolute atomic E-state index is 12.5. The zero-order valence-corrected chi connectivity index (χ0v) is 15.5. The van der Waals surface area contributed by atoms with Crippen LogP contribution in [-0.4, -0.2) is 47.0 Å². The van der Waals surface area contributed by atoms with Crippen molar-refractivity contribution in [3.05, 3.63) is 78.4 Å². The predicted octanol–water partition coefficient (Wildman–Crippen LogP) is 2.13. The molecule has 0 unspecified atom stereocenters. The van der Waals surface area contributed by atoms with Crippen LogP contribution in [-0.2, 0) is 6.54 Å². The Morgan fingerprint density at radius 3 is 2.39 bits per heavy atom. The van der Waals surface area contributed by atoms with Crippen molar-refractivity contribution >= 4 is 17.5 Å². The van der Waals surface area contributed by atoms with Gasteiger partial charge in [0.2, 0.25) is 5.95 Å². The average molecular weight is 374 g/mol. The summed E-state index contributed by atoms with van der Waals surface area (Å²) >= 11 is 0. The van der Waals surface area contributed by atoms with Gasteiger partial charge in [-0.3, -0.25) is 9.78 Å². The molecule has 1 aromatic carbocycles. The standard InChI is InChI=1S/C21H22N6O/c28-20(25-14-17-5-2-1-3-6-17)18-13-19(16-22-15-18)26-9-11-27(12-10-26)21-23-7-4-8-24-21/h1-8,13,15-16H,9-12,14H2,(H,25,28). The summed E-state index contributed by atoms with van der Waals surface area (Å²) in [5.74, 6) is 0.642. The highest BCUT2D eigenvalue weighted by Crippen LogP contribution is 2.18. The molecule has 142 valence electrons. The smallest absolute Gasteiger partial charge is 0.253 e. The molecule has 0 spiro atoms. The van der Waals surface area contributed by atoms with Crippen LogP contribution in [0.25, 0.3) is 0 Å². The minimum absolute atomic E-state index is 0.116. The first-order chi connectivity index (χ1) is 13.8. The normalized spacial score (nSPS) is 14.0. The molecule has 7 nitrogen and oxygen atoms in total. The second-order valence-electron chi connectivity index (χ2n) is 6.62. The van der Waals surface area contributed by atoms with Gasteiger partial charge in [0, 0.05) is 51.3 Å². The van der Waals surface area contributed by atoms with E-state index in [9.17, 15) is 4.79 Å². The van der Waals surface area contributed by atoms with Crippen LogP contribution in [0, 0.1) is 0 Å². The summed E-state index contributed by atoms with van der Waals surface area (Å²) in [6.45, 7) is 3.81. The number of anilines is 2. The van der Waals surface area contributed by atoms with Crippen LogP contribution in [0.5, 0.6) is 0 Å². The van der Waals surface area contributed by atoms with Crippen LogP contribution >= 0.6 is 0 Å². The number of carbonyl (C=O) groups is 1. The Kier molecular flexibility index (Phi) is 5.42. The molecule has 1 saturated heterocycles. The average Bonchev–Trinajstić information content (AvgIpc) is 2.79. The number of piperazine rings is 1. The van der Waals surface area contributed by atoms with E-state index in [-0.39, 0.29) is 5.91 Å². The van der Waals surface area contributed by atoms with Gasteiger partial charge in [0.25, 0.3) is 5.91 Å². The molecule has 1 amide bonds. The first-order valence-corrected chi connectivity index (χ1v) is 9.34. The first-order valence-electron chi connectivity index (χ1n) is 9.34. The minimum Gasteiger partial charge on any atom is -0.367 e. The molecule has 1 N–H and O–H groups in total. The lowest BCUT2D eigenvalue weighted by molar-refractivity contribution is 0.0950. The fraction of sp³-hybridized carbons (Fsp3) is 0.238. The Morgan fingerprint density at radius 2 is 1.64 bits per heavy atom. The second kappa shape index (κ2) is 8.47. The lowest BCUT2D eigenvalue weighted by Gasteiger charge is -2.35. The van der Waals surface area contributed by atoms with E-state index >= 15 is 0 Å². The maximum atomic E-state index is 12.5. The van der Waals surface area contributed by atoms with Crippen LogP contribution in [0.1, 0.15) is 15.9 Å². The number of amides is 1. The predicted molar refractivity (Wildman–Crippen MR) is 108 cm³/mol. The molecule has 1 aliphatic rings. The van der Waals surface area contributed by atoms with Crippen molar-refractivity contribution in [2.45, 2.75) is 6.54 Å². The van der Waals surface area contributed by atoms with Crippen molar-refractivity contribution in [3.8, 4) is 0 Å². The summed E-state index contributed by atoms with van der Waals surface area (Å²) in [5.41, 5.74) is 2.60. The van der Waals surface area contributed by atoms with Gasteiger partial charge in [-0.2, -0.15) is 0 Å². The first kappa shape index (κ1) is 17.9. The lowest BCUT2D eigenvalue weighted by Crippen LogP contribution is -2.47. The zero-order valence-electron chi connectivity index (χ0n) is 15.5. The number of nitrogens with zero attached hydrogens (tertiary/aromatic N) is 5. The number of aromatic nitrogens is 3. The van der Waals surface area contributed by atoms with Gasteiger partial charge in [-0.05, 0) is 17.7 Å². The van der Waals surface area contributed by atoms with Crippen LogP contribution in [0.15, 0.2) is 67.3 Å². The minimum atomic E-state index is -0.116. The zero-order chi connectivity index (χ0) is 19.2. The molecule has 4 rings (SSSR count). The van der Waals surface area contributed by atoms with E-state index in [4.69, 9.17) is 0 Å². The van der Waals surface area contributed by atoms with Gasteiger partial charge in [-0.15, -0.1) is 0 Å². The Hall–Kier alpha value is -3.48. The molecule has 7 heteroatoms. The largest absolute Gasteiger partial charge is 0.367 e. The molecule has 28 heavy (non-hydrogen) atoms. The van der Waals surface area contributed by atoms with Crippen LogP contribution in [0.2, 0.25) is 0 Å². The highest BCUT2D eigenvalue weighted by Gasteiger charge is 2.20. The van der Waals surface area contributed by atoms with E-state index in [0.29, 0.717) is 12.1 Å². The van der Waals surface area contributed by atoms with Crippen molar-refractivity contribution in [2.24, 2.45) is 0 Å². The highest BCUT2D eigenvalue weighted by atomic mass is 16.1. The van der Waals surface area contributed by atoms with Gasteiger partial charge in [0.15, 0.2) is 0 Å². The Labute approximate surface area is 164 Å². The Bertz CT molecular complexity index is 910. The summed E-state index contributed by atoms with van der Waals surface area (Å²) in [6, 6.07) is 13.6. The van der Waals surface area contributed by atoms with E-state index in [1.54, 1.807) is 18.6 Å². The monoisotopic (exact) mass is 374 g/mol. The number of rotatable bonds is 5. The molecule has 0 radical (unpaired) electrons. The molecule has 2 aromatic heterocycles. The number of benzene rings is 1. The van der Waals surface area contributed by atoms with E-state index in [1.165, 1.54) is 0 Å². The van der Waals surface area contributed by atoms with Crippen molar-refractivity contribution < 1.29 is 4.79 Å². The second-order valence-corrected chi connectivity index (χ2v) is 6.62. The number of pyridine rings is 1. The molecule has 1 aliphatic heterocycles. The molecule has 3 heterocycles. The molecule has 3 aromatic rings. The molecule has 0 saturated carbocycles. The van der Waals surface area contributed by atoms with Crippen molar-refractivity contribution in [2.75, 3.05) is 36.0 Å². The quantitative estimate of drug-likeness (QED) is 0.737. The molecular weight excluding hydrogens is 352 g/mol. The summed E-state index contributed by atoms with van der Waals surface area (Å²) < 4.78 is 0. The van der Waals surface area contributed by atoms with Crippen molar-refractivity contribution in [1.82, 2.24) is 20.3 Å². The van der Waals surface area contributed by atoms with E-state index < -0.39 is 0 Å². The Balaban J connectivity index is 1.37. The molecule has 1 fully saturated rings. The van der Waals surface area contributed by atoms with Gasteiger partial charge in [0.05, 0.1) is 17.4 Å². The van der Waals surface area contributed by atoms with Gasteiger partial charge >= 0.3 is 0 Å². The van der Waals surface area contributed by atoms with Gasteiger partial charge in [-0.1, -0.05) is 30.3 Å².